The van der Waals surface area contributed by atoms with Crippen molar-refractivity contribution >= 4 is 0 Å². The normalized spacial score (nSPS) is 10.3. The van der Waals surface area contributed by atoms with Crippen molar-refractivity contribution in [2.75, 3.05) is 7.11 Å². The van der Waals surface area contributed by atoms with E-state index in [0.717, 1.165) is 5.56 Å². The third-order valence-electron chi connectivity index (χ3n) is 4.51. The van der Waals surface area contributed by atoms with Crippen molar-refractivity contribution in [2.24, 2.45) is 0 Å². The second-order valence-corrected chi connectivity index (χ2v) is 6.25. The quantitative estimate of drug-likeness (QED) is 0.537. The van der Waals surface area contributed by atoms with E-state index in [0.29, 0.717) is 28.3 Å². The van der Waals surface area contributed by atoms with Crippen LogP contribution in [-0.4, -0.2) is 21.6 Å². The Balaban J connectivity index is 2.03. The molecule has 0 bridgehead atoms. The Morgan fingerprint density at radius 2 is 1.83 bits per heavy atom. The van der Waals surface area contributed by atoms with Crippen LogP contribution >= 0.6 is 0 Å². The van der Waals surface area contributed by atoms with Gasteiger partial charge in [0.25, 0.3) is 5.56 Å². The average Bonchev–Trinajstić information content (AvgIpc) is 2.80. The number of methoxy groups -OCH3 is 1. The Labute approximate surface area is 167 Å². The standard InChI is InChI=1S/C23H16N4O2/c1-29-18-7-4-6-17(13-18)27-15-16(21-9-2-3-10-25-21)12-20(23(27)28)19-8-5-11-26-22(19)14-24/h2-13,15H,1H3. The molecule has 1 aromatic carbocycles. The Bertz CT molecular complexity index is 1270. The largest absolute Gasteiger partial charge is 0.497 e. The van der Waals surface area contributed by atoms with Gasteiger partial charge in [-0.3, -0.25) is 14.3 Å². The van der Waals surface area contributed by atoms with Crippen LogP contribution in [0, 0.1) is 11.3 Å². The van der Waals surface area contributed by atoms with Gasteiger partial charge >= 0.3 is 0 Å². The van der Waals surface area contributed by atoms with E-state index in [1.165, 1.54) is 10.8 Å². The van der Waals surface area contributed by atoms with E-state index in [9.17, 15) is 10.1 Å². The van der Waals surface area contributed by atoms with Crippen molar-refractivity contribution in [3.8, 4) is 39.9 Å². The smallest absolute Gasteiger partial charge is 0.263 e. The minimum absolute atomic E-state index is 0.194. The topological polar surface area (TPSA) is 80.8 Å². The molecular weight excluding hydrogens is 364 g/mol. The summed E-state index contributed by atoms with van der Waals surface area (Å²) in [5.41, 5.74) is 2.90. The van der Waals surface area contributed by atoms with Crippen molar-refractivity contribution < 1.29 is 4.74 Å². The molecule has 3 aromatic heterocycles. The minimum atomic E-state index is -0.262. The monoisotopic (exact) mass is 380 g/mol. The first kappa shape index (κ1) is 18.1. The molecule has 0 aliphatic heterocycles. The first-order chi connectivity index (χ1) is 14.2. The lowest BCUT2D eigenvalue weighted by Gasteiger charge is -2.13. The molecule has 0 aliphatic rings. The lowest BCUT2D eigenvalue weighted by atomic mass is 10.0. The second-order valence-electron chi connectivity index (χ2n) is 6.25. The summed E-state index contributed by atoms with van der Waals surface area (Å²) in [4.78, 5) is 21.9. The van der Waals surface area contributed by atoms with Crippen LogP contribution in [0.5, 0.6) is 5.75 Å². The van der Waals surface area contributed by atoms with E-state index >= 15 is 0 Å². The van der Waals surface area contributed by atoms with Gasteiger partial charge in [0.1, 0.15) is 17.5 Å². The third kappa shape index (κ3) is 3.49. The maximum atomic E-state index is 13.4. The van der Waals surface area contributed by atoms with Crippen molar-refractivity contribution in [2.45, 2.75) is 0 Å². The highest BCUT2D eigenvalue weighted by atomic mass is 16.5. The Hall–Kier alpha value is -4.24. The van der Waals surface area contributed by atoms with Crippen molar-refractivity contribution in [3.63, 3.8) is 0 Å². The summed E-state index contributed by atoms with van der Waals surface area (Å²) in [6, 6.07) is 20.1. The number of aromatic nitrogens is 3. The van der Waals surface area contributed by atoms with Gasteiger partial charge in [-0.15, -0.1) is 0 Å². The highest BCUT2D eigenvalue weighted by Gasteiger charge is 2.15. The zero-order chi connectivity index (χ0) is 20.2. The molecule has 0 saturated heterocycles. The molecule has 0 saturated carbocycles. The van der Waals surface area contributed by atoms with E-state index in [-0.39, 0.29) is 11.3 Å². The van der Waals surface area contributed by atoms with Gasteiger partial charge in [-0.1, -0.05) is 12.1 Å². The van der Waals surface area contributed by atoms with Gasteiger partial charge in [0.2, 0.25) is 0 Å². The van der Waals surface area contributed by atoms with Crippen molar-refractivity contribution in [1.29, 1.82) is 5.26 Å². The van der Waals surface area contributed by atoms with Gasteiger partial charge in [0.05, 0.1) is 24.1 Å². The third-order valence-corrected chi connectivity index (χ3v) is 4.51. The molecule has 140 valence electrons. The first-order valence-corrected chi connectivity index (χ1v) is 8.89. The predicted molar refractivity (Wildman–Crippen MR) is 110 cm³/mol. The molecule has 4 rings (SSSR count). The van der Waals surface area contributed by atoms with Crippen molar-refractivity contribution in [1.82, 2.24) is 14.5 Å². The fraction of sp³-hybridized carbons (Fsp3) is 0.0435. The highest BCUT2D eigenvalue weighted by Crippen LogP contribution is 2.26. The summed E-state index contributed by atoms with van der Waals surface area (Å²) < 4.78 is 6.84. The maximum Gasteiger partial charge on any atom is 0.263 e. The summed E-state index contributed by atoms with van der Waals surface area (Å²) in [7, 11) is 1.58. The van der Waals surface area contributed by atoms with Crippen LogP contribution in [0.25, 0.3) is 28.1 Å². The second kappa shape index (κ2) is 7.79. The molecule has 0 radical (unpaired) electrons. The molecule has 4 aromatic rings. The minimum Gasteiger partial charge on any atom is -0.497 e. The molecule has 6 heteroatoms. The van der Waals surface area contributed by atoms with Crippen LogP contribution in [-0.2, 0) is 0 Å². The molecule has 0 fully saturated rings. The number of pyridine rings is 3. The first-order valence-electron chi connectivity index (χ1n) is 8.89. The molecule has 0 atom stereocenters. The maximum absolute atomic E-state index is 13.4. The average molecular weight is 380 g/mol. The zero-order valence-electron chi connectivity index (χ0n) is 15.6. The van der Waals surface area contributed by atoms with E-state index < -0.39 is 0 Å². The zero-order valence-corrected chi connectivity index (χ0v) is 15.6. The van der Waals surface area contributed by atoms with E-state index in [1.54, 1.807) is 43.8 Å². The number of rotatable bonds is 4. The van der Waals surface area contributed by atoms with Gasteiger partial charge in [-0.05, 0) is 42.5 Å². The number of hydrogen-bond donors (Lipinski definition) is 0. The molecule has 0 amide bonds. The highest BCUT2D eigenvalue weighted by molar-refractivity contribution is 5.73. The van der Waals surface area contributed by atoms with Crippen LogP contribution < -0.4 is 10.3 Å². The fourth-order valence-corrected chi connectivity index (χ4v) is 3.11. The lowest BCUT2D eigenvalue weighted by Crippen LogP contribution is -2.20. The molecule has 3 heterocycles. The van der Waals surface area contributed by atoms with E-state index in [4.69, 9.17) is 4.74 Å². The molecule has 29 heavy (non-hydrogen) atoms. The van der Waals surface area contributed by atoms with E-state index in [2.05, 4.69) is 16.0 Å². The number of benzene rings is 1. The van der Waals surface area contributed by atoms with Gasteiger partial charge in [0, 0.05) is 35.8 Å². The van der Waals surface area contributed by atoms with Crippen LogP contribution in [0.4, 0.5) is 0 Å². The van der Waals surface area contributed by atoms with Crippen LogP contribution in [0.2, 0.25) is 0 Å². The number of nitriles is 1. The summed E-state index contributed by atoms with van der Waals surface area (Å²) in [6.45, 7) is 0. The molecular formula is C23H16N4O2. The number of nitrogens with zero attached hydrogens (tertiary/aromatic N) is 4. The number of hydrogen-bond acceptors (Lipinski definition) is 5. The number of ether oxygens (including phenoxy) is 1. The summed E-state index contributed by atoms with van der Waals surface area (Å²) in [6.07, 6.45) is 4.97. The molecule has 0 unspecified atom stereocenters. The predicted octanol–water partition coefficient (Wildman–Crippen LogP) is 3.84. The lowest BCUT2D eigenvalue weighted by molar-refractivity contribution is 0.414. The fourth-order valence-electron chi connectivity index (χ4n) is 3.11. The van der Waals surface area contributed by atoms with Crippen molar-refractivity contribution in [3.05, 3.63) is 95.3 Å². The van der Waals surface area contributed by atoms with Crippen LogP contribution in [0.3, 0.4) is 0 Å². The summed E-state index contributed by atoms with van der Waals surface area (Å²) in [5, 5.41) is 9.46. The van der Waals surface area contributed by atoms with Gasteiger partial charge in [0.15, 0.2) is 0 Å². The summed E-state index contributed by atoms with van der Waals surface area (Å²) in [5.74, 6) is 0.637. The SMILES string of the molecule is COc1cccc(-n2cc(-c3ccccn3)cc(-c3cccnc3C#N)c2=O)c1. The summed E-state index contributed by atoms with van der Waals surface area (Å²) >= 11 is 0. The van der Waals surface area contributed by atoms with Gasteiger partial charge in [-0.25, -0.2) is 4.98 Å². The Morgan fingerprint density at radius 1 is 0.966 bits per heavy atom. The molecule has 0 N–H and O–H groups in total. The Kier molecular flexibility index (Phi) is 4.87. The van der Waals surface area contributed by atoms with Crippen LogP contribution in [0.1, 0.15) is 5.69 Å². The van der Waals surface area contributed by atoms with E-state index in [1.807, 2.05) is 36.4 Å². The Morgan fingerprint density at radius 3 is 2.59 bits per heavy atom. The molecule has 0 aliphatic carbocycles. The van der Waals surface area contributed by atoms with Gasteiger partial charge in [-0.2, -0.15) is 5.26 Å². The van der Waals surface area contributed by atoms with Gasteiger partial charge < -0.3 is 4.74 Å². The molecule has 0 spiro atoms. The van der Waals surface area contributed by atoms with Crippen LogP contribution in [0.15, 0.2) is 84.0 Å². The molecule has 6 nitrogen and oxygen atoms in total.